The number of carboxylic acid groups (broad SMARTS) is 1. The molecule has 0 aromatic rings. The quantitative estimate of drug-likeness (QED) is 0.493. The van der Waals surface area contributed by atoms with E-state index in [-0.39, 0.29) is 0 Å². The average molecular weight is 224 g/mol. The highest BCUT2D eigenvalue weighted by Gasteiger charge is 2.18. The van der Waals surface area contributed by atoms with Crippen LogP contribution in [-0.2, 0) is 19.6 Å². The van der Waals surface area contributed by atoms with Crippen molar-refractivity contribution >= 4 is 21.9 Å². The van der Waals surface area contributed by atoms with Gasteiger partial charge in [0.1, 0.15) is 0 Å². The van der Waals surface area contributed by atoms with Gasteiger partial charge in [0.2, 0.25) is 15.9 Å². The summed E-state index contributed by atoms with van der Waals surface area (Å²) in [6, 6.07) is -1.03. The Morgan fingerprint density at radius 1 is 1.50 bits per heavy atom. The number of amides is 1. The highest BCUT2D eigenvalue weighted by molar-refractivity contribution is 7.89. The van der Waals surface area contributed by atoms with E-state index in [1.807, 2.05) is 4.72 Å². The molecule has 0 spiro atoms. The van der Waals surface area contributed by atoms with Gasteiger partial charge in [0.15, 0.2) is 0 Å². The van der Waals surface area contributed by atoms with Crippen LogP contribution in [0.4, 0.5) is 0 Å². The lowest BCUT2D eigenvalue weighted by Gasteiger charge is -2.09. The fourth-order valence-electron chi connectivity index (χ4n) is 0.608. The van der Waals surface area contributed by atoms with Crippen molar-refractivity contribution < 1.29 is 23.1 Å². The second-order valence-corrected chi connectivity index (χ2v) is 4.58. The van der Waals surface area contributed by atoms with Crippen molar-refractivity contribution in [1.82, 2.24) is 4.72 Å². The molecule has 1 atom stereocenters. The third kappa shape index (κ3) is 5.49. The summed E-state index contributed by atoms with van der Waals surface area (Å²) in [5.74, 6) is -2.61. The van der Waals surface area contributed by atoms with Gasteiger partial charge in [-0.2, -0.15) is 0 Å². The summed E-state index contributed by atoms with van der Waals surface area (Å²) in [6.45, 7) is 1.28. The number of aliphatic carboxylic acids is 1. The number of nitrogens with two attached hydrogens (primary N) is 1. The summed E-state index contributed by atoms with van der Waals surface area (Å²) in [6.07, 6.45) is -0.513. The lowest BCUT2D eigenvalue weighted by atomic mass is 10.4. The van der Waals surface area contributed by atoms with Gasteiger partial charge in [-0.05, 0) is 6.92 Å². The van der Waals surface area contributed by atoms with Crippen molar-refractivity contribution in [1.29, 1.82) is 0 Å². The summed E-state index contributed by atoms with van der Waals surface area (Å²) in [5, 5.41) is 8.24. The topological polar surface area (TPSA) is 127 Å². The number of rotatable bonds is 6. The van der Waals surface area contributed by atoms with Crippen LogP contribution < -0.4 is 10.5 Å². The Hall–Kier alpha value is -1.15. The minimum Gasteiger partial charge on any atom is -0.481 e. The van der Waals surface area contributed by atoms with E-state index in [0.29, 0.717) is 0 Å². The first-order chi connectivity index (χ1) is 6.24. The maximum atomic E-state index is 11.1. The lowest BCUT2D eigenvalue weighted by Crippen LogP contribution is -2.43. The molecule has 0 aliphatic heterocycles. The summed E-state index contributed by atoms with van der Waals surface area (Å²) in [4.78, 5) is 20.6. The number of primary amides is 1. The van der Waals surface area contributed by atoms with Crippen molar-refractivity contribution in [3.63, 3.8) is 0 Å². The van der Waals surface area contributed by atoms with Gasteiger partial charge in [0.05, 0.1) is 18.2 Å². The van der Waals surface area contributed by atoms with E-state index in [1.54, 1.807) is 0 Å². The molecule has 0 fully saturated rings. The smallest absolute Gasteiger partial charge is 0.304 e. The van der Waals surface area contributed by atoms with Gasteiger partial charge in [-0.1, -0.05) is 0 Å². The summed E-state index contributed by atoms with van der Waals surface area (Å²) >= 11 is 0. The van der Waals surface area contributed by atoms with Crippen LogP contribution in [0.5, 0.6) is 0 Å². The van der Waals surface area contributed by atoms with Crippen molar-refractivity contribution in [3.8, 4) is 0 Å². The lowest BCUT2D eigenvalue weighted by molar-refractivity contribution is -0.136. The van der Waals surface area contributed by atoms with E-state index in [0.717, 1.165) is 0 Å². The second kappa shape index (κ2) is 4.91. The molecule has 0 aromatic heterocycles. The number of hydrogen-bond acceptors (Lipinski definition) is 4. The molecule has 0 heterocycles. The Balaban J connectivity index is 4.21. The molecule has 7 nitrogen and oxygen atoms in total. The highest BCUT2D eigenvalue weighted by Crippen LogP contribution is 1.92. The van der Waals surface area contributed by atoms with Crippen molar-refractivity contribution in [2.75, 3.05) is 5.75 Å². The van der Waals surface area contributed by atoms with Crippen LogP contribution in [0.2, 0.25) is 0 Å². The standard InChI is InChI=1S/C6H12N2O5S/c1-4(6(7)11)8-14(12,13)3-2-5(9)10/h4,8H,2-3H2,1H3,(H2,7,11)(H,9,10). The zero-order chi connectivity index (χ0) is 11.4. The molecule has 0 saturated carbocycles. The fraction of sp³-hybridized carbons (Fsp3) is 0.667. The Labute approximate surface area is 81.3 Å². The molecule has 0 saturated heterocycles. The molecule has 0 bridgehead atoms. The first-order valence-corrected chi connectivity index (χ1v) is 5.41. The van der Waals surface area contributed by atoms with Crippen LogP contribution >= 0.6 is 0 Å². The second-order valence-electron chi connectivity index (χ2n) is 2.70. The van der Waals surface area contributed by atoms with Crippen molar-refractivity contribution in [3.05, 3.63) is 0 Å². The van der Waals surface area contributed by atoms with Gasteiger partial charge >= 0.3 is 5.97 Å². The number of carbonyl (C=O) groups is 2. The molecule has 0 aliphatic rings. The van der Waals surface area contributed by atoms with E-state index in [9.17, 15) is 18.0 Å². The van der Waals surface area contributed by atoms with Gasteiger partial charge in [-0.25, -0.2) is 13.1 Å². The van der Waals surface area contributed by atoms with Crippen LogP contribution in [0.15, 0.2) is 0 Å². The fourth-order valence-corrected chi connectivity index (χ4v) is 1.82. The largest absolute Gasteiger partial charge is 0.481 e. The zero-order valence-electron chi connectivity index (χ0n) is 7.56. The number of hydrogen-bond donors (Lipinski definition) is 3. The molecule has 0 rings (SSSR count). The number of carboxylic acids is 1. The number of sulfonamides is 1. The van der Waals surface area contributed by atoms with Gasteiger partial charge in [0.25, 0.3) is 0 Å². The molecule has 0 radical (unpaired) electrons. The van der Waals surface area contributed by atoms with E-state index in [4.69, 9.17) is 10.8 Å². The normalized spacial score (nSPS) is 13.5. The van der Waals surface area contributed by atoms with Crippen LogP contribution in [0, 0.1) is 0 Å². The molecule has 82 valence electrons. The molecule has 14 heavy (non-hydrogen) atoms. The van der Waals surface area contributed by atoms with E-state index < -0.39 is 40.1 Å². The van der Waals surface area contributed by atoms with Crippen molar-refractivity contribution in [2.45, 2.75) is 19.4 Å². The van der Waals surface area contributed by atoms with Crippen LogP contribution in [-0.4, -0.2) is 37.2 Å². The Kier molecular flexibility index (Phi) is 4.51. The van der Waals surface area contributed by atoms with Crippen molar-refractivity contribution in [2.24, 2.45) is 5.73 Å². The maximum absolute atomic E-state index is 11.1. The van der Waals surface area contributed by atoms with Crippen LogP contribution in [0.3, 0.4) is 0 Å². The van der Waals surface area contributed by atoms with E-state index in [2.05, 4.69) is 0 Å². The average Bonchev–Trinajstić information content (AvgIpc) is 2.00. The molecular formula is C6H12N2O5S. The van der Waals surface area contributed by atoms with Crippen LogP contribution in [0.25, 0.3) is 0 Å². The number of nitrogens with one attached hydrogen (secondary N) is 1. The SMILES string of the molecule is CC(NS(=O)(=O)CCC(=O)O)C(N)=O. The molecule has 1 amide bonds. The van der Waals surface area contributed by atoms with Gasteiger partial charge in [-0.3, -0.25) is 9.59 Å². The Morgan fingerprint density at radius 2 is 2.00 bits per heavy atom. The minimum absolute atomic E-state index is 0.513. The maximum Gasteiger partial charge on any atom is 0.304 e. The molecule has 0 aromatic carbocycles. The monoisotopic (exact) mass is 224 g/mol. The van der Waals surface area contributed by atoms with E-state index >= 15 is 0 Å². The summed E-state index contributed by atoms with van der Waals surface area (Å²) in [7, 11) is -3.75. The highest BCUT2D eigenvalue weighted by atomic mass is 32.2. The molecule has 0 aliphatic carbocycles. The Morgan fingerprint density at radius 3 is 2.36 bits per heavy atom. The molecule has 4 N–H and O–H groups in total. The molecule has 8 heteroatoms. The zero-order valence-corrected chi connectivity index (χ0v) is 8.37. The minimum atomic E-state index is -3.75. The molecular weight excluding hydrogens is 212 g/mol. The van der Waals surface area contributed by atoms with Gasteiger partial charge in [0, 0.05) is 0 Å². The van der Waals surface area contributed by atoms with Crippen LogP contribution in [0.1, 0.15) is 13.3 Å². The Bertz CT molecular complexity index is 323. The summed E-state index contributed by atoms with van der Waals surface area (Å²) in [5.41, 5.74) is 4.82. The third-order valence-electron chi connectivity index (χ3n) is 1.37. The predicted molar refractivity (Wildman–Crippen MR) is 47.8 cm³/mol. The first-order valence-electron chi connectivity index (χ1n) is 3.75. The predicted octanol–water partition coefficient (Wildman–Crippen LogP) is -1.75. The number of carbonyl (C=O) groups excluding carboxylic acids is 1. The third-order valence-corrected chi connectivity index (χ3v) is 2.82. The first kappa shape index (κ1) is 12.8. The van der Waals surface area contributed by atoms with Gasteiger partial charge in [-0.15, -0.1) is 0 Å². The molecule has 1 unspecified atom stereocenters. The van der Waals surface area contributed by atoms with Gasteiger partial charge < -0.3 is 10.8 Å². The van der Waals surface area contributed by atoms with E-state index in [1.165, 1.54) is 6.92 Å². The summed E-state index contributed by atoms with van der Waals surface area (Å²) < 4.78 is 24.1.